The topological polar surface area (TPSA) is 55.8 Å². The molecule has 4 nitrogen and oxygen atoms in total. The van der Waals surface area contributed by atoms with Gasteiger partial charge in [0.15, 0.2) is 4.88 Å². The molecule has 0 radical (unpaired) electrons. The van der Waals surface area contributed by atoms with Gasteiger partial charge in [-0.3, -0.25) is 0 Å². The summed E-state index contributed by atoms with van der Waals surface area (Å²) in [6.45, 7) is 4.48. The fraction of sp³-hybridized carbons (Fsp3) is 0.615. The van der Waals surface area contributed by atoms with Crippen LogP contribution in [-0.4, -0.2) is 29.9 Å². The zero-order chi connectivity index (χ0) is 13.1. The van der Waals surface area contributed by atoms with Gasteiger partial charge in [-0.1, -0.05) is 6.92 Å². The lowest BCUT2D eigenvalue weighted by Crippen LogP contribution is -2.18. The smallest absolute Gasteiger partial charge is 0.349 e. The van der Waals surface area contributed by atoms with Gasteiger partial charge in [0.1, 0.15) is 12.4 Å². The van der Waals surface area contributed by atoms with E-state index >= 15 is 0 Å². The fourth-order valence-electron chi connectivity index (χ4n) is 2.04. The first-order chi connectivity index (χ1) is 8.60. The molecule has 2 rings (SSSR count). The van der Waals surface area contributed by atoms with Crippen LogP contribution in [0.1, 0.15) is 41.2 Å². The van der Waals surface area contributed by atoms with Crippen molar-refractivity contribution in [1.82, 2.24) is 0 Å². The molecule has 1 fully saturated rings. The lowest BCUT2D eigenvalue weighted by molar-refractivity contribution is 0.0260. The second kappa shape index (κ2) is 5.71. The minimum Gasteiger partial charge on any atom is -0.489 e. The molecular formula is C13H18O4S. The van der Waals surface area contributed by atoms with Crippen molar-refractivity contribution >= 4 is 17.3 Å². The summed E-state index contributed by atoms with van der Waals surface area (Å²) in [5.74, 6) is -0.442. The SMILES string of the molecule is CCc1cc(OCC2CCC(C)O2)c(C(=O)O)s1. The van der Waals surface area contributed by atoms with Crippen LogP contribution in [0.5, 0.6) is 5.75 Å². The Hall–Kier alpha value is -1.07. The van der Waals surface area contributed by atoms with Crippen LogP contribution in [-0.2, 0) is 11.2 Å². The molecule has 5 heteroatoms. The van der Waals surface area contributed by atoms with Gasteiger partial charge in [0.25, 0.3) is 0 Å². The van der Waals surface area contributed by atoms with E-state index in [2.05, 4.69) is 0 Å². The van der Waals surface area contributed by atoms with Crippen LogP contribution in [0.2, 0.25) is 0 Å². The second-order valence-electron chi connectivity index (χ2n) is 4.52. The first-order valence-electron chi connectivity index (χ1n) is 6.24. The number of thiophene rings is 1. The largest absolute Gasteiger partial charge is 0.489 e. The van der Waals surface area contributed by atoms with E-state index in [0.29, 0.717) is 12.4 Å². The number of rotatable bonds is 5. The molecule has 0 aliphatic carbocycles. The van der Waals surface area contributed by atoms with Crippen molar-refractivity contribution in [2.45, 2.75) is 45.3 Å². The van der Waals surface area contributed by atoms with E-state index in [-0.39, 0.29) is 17.1 Å². The van der Waals surface area contributed by atoms with Crippen molar-refractivity contribution in [2.24, 2.45) is 0 Å². The van der Waals surface area contributed by atoms with Gasteiger partial charge in [0, 0.05) is 4.88 Å². The van der Waals surface area contributed by atoms with E-state index in [1.54, 1.807) is 0 Å². The molecule has 1 N–H and O–H groups in total. The van der Waals surface area contributed by atoms with Crippen LogP contribution in [0, 0.1) is 0 Å². The fourth-order valence-corrected chi connectivity index (χ4v) is 2.92. The number of carboxylic acid groups (broad SMARTS) is 1. The van der Waals surface area contributed by atoms with Crippen molar-refractivity contribution in [2.75, 3.05) is 6.61 Å². The quantitative estimate of drug-likeness (QED) is 0.893. The van der Waals surface area contributed by atoms with Crippen LogP contribution in [0.25, 0.3) is 0 Å². The minimum absolute atomic E-state index is 0.0895. The van der Waals surface area contributed by atoms with Gasteiger partial charge < -0.3 is 14.6 Å². The third kappa shape index (κ3) is 3.03. The summed E-state index contributed by atoms with van der Waals surface area (Å²) in [5, 5.41) is 9.11. The van der Waals surface area contributed by atoms with E-state index in [1.807, 2.05) is 19.9 Å². The summed E-state index contributed by atoms with van der Waals surface area (Å²) < 4.78 is 11.3. The molecule has 0 amide bonds. The van der Waals surface area contributed by atoms with Crippen molar-refractivity contribution in [3.8, 4) is 5.75 Å². The van der Waals surface area contributed by atoms with Crippen molar-refractivity contribution in [3.63, 3.8) is 0 Å². The number of carboxylic acids is 1. The van der Waals surface area contributed by atoms with Crippen LogP contribution >= 0.6 is 11.3 Å². The second-order valence-corrected chi connectivity index (χ2v) is 5.66. The number of hydrogen-bond acceptors (Lipinski definition) is 4. The summed E-state index contributed by atoms with van der Waals surface area (Å²) in [5.41, 5.74) is 0. The van der Waals surface area contributed by atoms with E-state index in [0.717, 1.165) is 24.1 Å². The molecule has 0 saturated carbocycles. The minimum atomic E-state index is -0.921. The summed E-state index contributed by atoms with van der Waals surface area (Å²) >= 11 is 1.29. The maximum atomic E-state index is 11.1. The van der Waals surface area contributed by atoms with Gasteiger partial charge >= 0.3 is 5.97 Å². The molecule has 0 aromatic carbocycles. The van der Waals surface area contributed by atoms with E-state index in [1.165, 1.54) is 11.3 Å². The van der Waals surface area contributed by atoms with Crippen LogP contribution in [0.4, 0.5) is 0 Å². The third-order valence-electron chi connectivity index (χ3n) is 3.04. The van der Waals surface area contributed by atoms with Crippen LogP contribution < -0.4 is 4.74 Å². The van der Waals surface area contributed by atoms with Gasteiger partial charge in [-0.25, -0.2) is 4.79 Å². The summed E-state index contributed by atoms with van der Waals surface area (Å²) in [6.07, 6.45) is 3.22. The van der Waals surface area contributed by atoms with Gasteiger partial charge in [0.05, 0.1) is 12.2 Å². The molecule has 2 atom stereocenters. The predicted octanol–water partition coefficient (Wildman–Crippen LogP) is 2.96. The summed E-state index contributed by atoms with van der Waals surface area (Å²) in [4.78, 5) is 12.4. The van der Waals surface area contributed by atoms with Gasteiger partial charge in [0.2, 0.25) is 0 Å². The Morgan fingerprint density at radius 3 is 2.94 bits per heavy atom. The lowest BCUT2D eigenvalue weighted by Gasteiger charge is -2.12. The molecule has 2 heterocycles. The highest BCUT2D eigenvalue weighted by molar-refractivity contribution is 7.14. The highest BCUT2D eigenvalue weighted by Gasteiger charge is 2.23. The van der Waals surface area contributed by atoms with Crippen molar-refractivity contribution in [1.29, 1.82) is 0 Å². The van der Waals surface area contributed by atoms with Crippen LogP contribution in [0.3, 0.4) is 0 Å². The lowest BCUT2D eigenvalue weighted by atomic mass is 10.2. The van der Waals surface area contributed by atoms with Gasteiger partial charge in [-0.15, -0.1) is 11.3 Å². The molecule has 1 saturated heterocycles. The molecule has 2 unspecified atom stereocenters. The Labute approximate surface area is 111 Å². The maximum Gasteiger partial charge on any atom is 0.349 e. The van der Waals surface area contributed by atoms with Crippen molar-refractivity contribution < 1.29 is 19.4 Å². The van der Waals surface area contributed by atoms with Crippen molar-refractivity contribution in [3.05, 3.63) is 15.8 Å². The number of carbonyl (C=O) groups is 1. The molecule has 1 aliphatic heterocycles. The van der Waals surface area contributed by atoms with Gasteiger partial charge in [-0.2, -0.15) is 0 Å². The first-order valence-corrected chi connectivity index (χ1v) is 7.06. The average Bonchev–Trinajstić information content (AvgIpc) is 2.92. The molecular weight excluding hydrogens is 252 g/mol. The Balaban J connectivity index is 1.99. The number of ether oxygens (including phenoxy) is 2. The molecule has 100 valence electrons. The van der Waals surface area contributed by atoms with Crippen LogP contribution in [0.15, 0.2) is 6.07 Å². The molecule has 0 bridgehead atoms. The highest BCUT2D eigenvalue weighted by atomic mass is 32.1. The highest BCUT2D eigenvalue weighted by Crippen LogP contribution is 2.30. The third-order valence-corrected chi connectivity index (χ3v) is 4.29. The Morgan fingerprint density at radius 2 is 2.39 bits per heavy atom. The molecule has 1 aromatic rings. The predicted molar refractivity (Wildman–Crippen MR) is 69.7 cm³/mol. The summed E-state index contributed by atoms with van der Waals surface area (Å²) in [6, 6.07) is 1.83. The zero-order valence-electron chi connectivity index (χ0n) is 10.6. The maximum absolute atomic E-state index is 11.1. The standard InChI is InChI=1S/C13H18O4S/c1-3-10-6-11(12(18-10)13(14)15)16-7-9-5-4-8(2)17-9/h6,8-9H,3-5,7H2,1-2H3,(H,14,15). The number of hydrogen-bond donors (Lipinski definition) is 1. The van der Waals surface area contributed by atoms with Gasteiger partial charge in [-0.05, 0) is 32.3 Å². The number of aryl methyl sites for hydroxylation is 1. The monoisotopic (exact) mass is 270 g/mol. The Bertz CT molecular complexity index is 427. The first kappa shape index (κ1) is 13.4. The number of aromatic carboxylic acids is 1. The van der Waals surface area contributed by atoms with E-state index in [4.69, 9.17) is 14.6 Å². The normalized spacial score (nSPS) is 23.2. The Kier molecular flexibility index (Phi) is 4.24. The molecule has 1 aliphatic rings. The molecule has 18 heavy (non-hydrogen) atoms. The summed E-state index contributed by atoms with van der Waals surface area (Å²) in [7, 11) is 0. The molecule has 0 spiro atoms. The molecule has 1 aromatic heterocycles. The zero-order valence-corrected chi connectivity index (χ0v) is 11.5. The average molecular weight is 270 g/mol. The Morgan fingerprint density at radius 1 is 1.61 bits per heavy atom. The van der Waals surface area contributed by atoms with E-state index < -0.39 is 5.97 Å². The van der Waals surface area contributed by atoms with E-state index in [9.17, 15) is 4.79 Å².